The molecular weight excluding hydrogens is 249 g/mol. The molecule has 1 aromatic rings. The Kier molecular flexibility index (Phi) is 4.37. The molecule has 0 saturated heterocycles. The van der Waals surface area contributed by atoms with Crippen molar-refractivity contribution >= 4 is 5.91 Å². The topological polar surface area (TPSA) is 58.6 Å². The van der Waals surface area contributed by atoms with Gasteiger partial charge in [0.15, 0.2) is 0 Å². The minimum absolute atomic E-state index is 0.0291. The molecule has 2 N–H and O–H groups in total. The lowest BCUT2D eigenvalue weighted by Gasteiger charge is -2.28. The number of hydrogen-bond acceptors (Lipinski definition) is 3. The number of halogens is 1. The highest BCUT2D eigenvalue weighted by Gasteiger charge is 2.25. The van der Waals surface area contributed by atoms with Crippen molar-refractivity contribution in [3.05, 3.63) is 29.6 Å². The molecule has 104 valence electrons. The molecule has 19 heavy (non-hydrogen) atoms. The second-order valence-corrected chi connectivity index (χ2v) is 4.78. The molecule has 2 rings (SSSR count). The first-order valence-corrected chi connectivity index (χ1v) is 6.44. The molecule has 0 radical (unpaired) electrons. The van der Waals surface area contributed by atoms with E-state index in [0.717, 1.165) is 19.3 Å². The van der Waals surface area contributed by atoms with Gasteiger partial charge in [0, 0.05) is 6.07 Å². The number of methoxy groups -OCH3 is 1. The first kappa shape index (κ1) is 13.8. The van der Waals surface area contributed by atoms with Crippen molar-refractivity contribution in [2.24, 2.45) is 0 Å². The molecule has 1 aliphatic carbocycles. The van der Waals surface area contributed by atoms with Crippen LogP contribution in [-0.2, 0) is 0 Å². The zero-order chi connectivity index (χ0) is 13.8. The monoisotopic (exact) mass is 267 g/mol. The first-order valence-electron chi connectivity index (χ1n) is 6.44. The van der Waals surface area contributed by atoms with Gasteiger partial charge < -0.3 is 15.2 Å². The largest absolute Gasteiger partial charge is 0.497 e. The van der Waals surface area contributed by atoms with Crippen LogP contribution in [0.4, 0.5) is 4.39 Å². The van der Waals surface area contributed by atoms with Gasteiger partial charge in [-0.1, -0.05) is 12.8 Å². The molecule has 0 bridgehead atoms. The Morgan fingerprint density at radius 1 is 1.42 bits per heavy atom. The number of hydrogen-bond donors (Lipinski definition) is 2. The van der Waals surface area contributed by atoms with Crippen LogP contribution < -0.4 is 10.1 Å². The van der Waals surface area contributed by atoms with Crippen LogP contribution in [0.15, 0.2) is 18.2 Å². The number of amides is 1. The smallest absolute Gasteiger partial charge is 0.254 e. The molecule has 0 aliphatic heterocycles. The normalized spacial score (nSPS) is 22.9. The van der Waals surface area contributed by atoms with Crippen molar-refractivity contribution in [3.8, 4) is 5.75 Å². The Balaban J connectivity index is 2.07. The fraction of sp³-hybridized carbons (Fsp3) is 0.500. The third-order valence-electron chi connectivity index (χ3n) is 3.47. The van der Waals surface area contributed by atoms with Crippen LogP contribution in [0, 0.1) is 5.82 Å². The van der Waals surface area contributed by atoms with Gasteiger partial charge in [0.05, 0.1) is 24.8 Å². The lowest BCUT2D eigenvalue weighted by Crippen LogP contribution is -2.45. The molecule has 0 aromatic heterocycles. The number of aliphatic hydroxyl groups is 1. The Hall–Kier alpha value is -1.62. The van der Waals surface area contributed by atoms with Gasteiger partial charge in [-0.3, -0.25) is 4.79 Å². The highest BCUT2D eigenvalue weighted by atomic mass is 19.1. The zero-order valence-corrected chi connectivity index (χ0v) is 10.9. The van der Waals surface area contributed by atoms with Crippen molar-refractivity contribution in [1.29, 1.82) is 0 Å². The van der Waals surface area contributed by atoms with Gasteiger partial charge in [-0.2, -0.15) is 0 Å². The summed E-state index contributed by atoms with van der Waals surface area (Å²) in [6.45, 7) is 0. The molecule has 1 amide bonds. The molecule has 5 heteroatoms. The SMILES string of the molecule is COc1ccc(C(=O)N[C@H]2CCCC[C@@H]2O)c(F)c1. The van der Waals surface area contributed by atoms with E-state index in [9.17, 15) is 14.3 Å². The van der Waals surface area contributed by atoms with Crippen molar-refractivity contribution in [1.82, 2.24) is 5.32 Å². The van der Waals surface area contributed by atoms with Crippen LogP contribution in [0.2, 0.25) is 0 Å². The zero-order valence-electron chi connectivity index (χ0n) is 10.9. The molecule has 1 aliphatic rings. The second kappa shape index (κ2) is 6.02. The maximum absolute atomic E-state index is 13.7. The third kappa shape index (κ3) is 3.23. The summed E-state index contributed by atoms with van der Waals surface area (Å²) in [7, 11) is 1.44. The first-order chi connectivity index (χ1) is 9.11. The van der Waals surface area contributed by atoms with Gasteiger partial charge in [0.1, 0.15) is 11.6 Å². The minimum atomic E-state index is -0.623. The van der Waals surface area contributed by atoms with E-state index in [2.05, 4.69) is 5.32 Å². The number of rotatable bonds is 3. The molecule has 0 spiro atoms. The van der Waals surface area contributed by atoms with Crippen molar-refractivity contribution in [2.75, 3.05) is 7.11 Å². The van der Waals surface area contributed by atoms with Crippen molar-refractivity contribution < 1.29 is 19.0 Å². The van der Waals surface area contributed by atoms with E-state index in [1.165, 1.54) is 25.3 Å². The fourth-order valence-electron chi connectivity index (χ4n) is 2.33. The van der Waals surface area contributed by atoms with E-state index in [1.54, 1.807) is 0 Å². The number of carbonyl (C=O) groups excluding carboxylic acids is 1. The summed E-state index contributed by atoms with van der Waals surface area (Å²) in [5.41, 5.74) is -0.0291. The lowest BCUT2D eigenvalue weighted by molar-refractivity contribution is 0.0714. The Morgan fingerprint density at radius 2 is 2.16 bits per heavy atom. The average Bonchev–Trinajstić information content (AvgIpc) is 2.41. The molecular formula is C14H18FNO3. The van der Waals surface area contributed by atoms with Gasteiger partial charge in [-0.25, -0.2) is 4.39 Å². The summed E-state index contributed by atoms with van der Waals surface area (Å²) in [6, 6.07) is 3.81. The van der Waals surface area contributed by atoms with Crippen LogP contribution in [0.1, 0.15) is 36.0 Å². The van der Waals surface area contributed by atoms with Crippen LogP contribution >= 0.6 is 0 Å². The van der Waals surface area contributed by atoms with Gasteiger partial charge >= 0.3 is 0 Å². The fourth-order valence-corrected chi connectivity index (χ4v) is 2.33. The second-order valence-electron chi connectivity index (χ2n) is 4.78. The quantitative estimate of drug-likeness (QED) is 0.879. The number of carbonyl (C=O) groups is 1. The van der Waals surface area contributed by atoms with E-state index in [0.29, 0.717) is 12.2 Å². The van der Waals surface area contributed by atoms with Crippen LogP contribution in [0.5, 0.6) is 5.75 Å². The number of ether oxygens (including phenoxy) is 1. The third-order valence-corrected chi connectivity index (χ3v) is 3.47. The molecule has 0 unspecified atom stereocenters. The highest BCUT2D eigenvalue weighted by molar-refractivity contribution is 5.94. The van der Waals surface area contributed by atoms with Gasteiger partial charge in [0.25, 0.3) is 5.91 Å². The number of nitrogens with one attached hydrogen (secondary N) is 1. The summed E-state index contributed by atoms with van der Waals surface area (Å²) in [5, 5.41) is 12.5. The number of benzene rings is 1. The Morgan fingerprint density at radius 3 is 2.79 bits per heavy atom. The molecule has 2 atom stereocenters. The minimum Gasteiger partial charge on any atom is -0.497 e. The predicted octanol–water partition coefficient (Wildman–Crippen LogP) is 1.87. The molecule has 1 saturated carbocycles. The summed E-state index contributed by atoms with van der Waals surface area (Å²) < 4.78 is 18.6. The van der Waals surface area contributed by atoms with Crippen LogP contribution in [0.25, 0.3) is 0 Å². The summed E-state index contributed by atoms with van der Waals surface area (Å²) in [4.78, 5) is 12.0. The molecule has 1 aromatic carbocycles. The lowest BCUT2D eigenvalue weighted by atomic mass is 9.92. The molecule has 1 fully saturated rings. The summed E-state index contributed by atoms with van der Waals surface area (Å²) in [6.07, 6.45) is 2.79. The van der Waals surface area contributed by atoms with E-state index in [4.69, 9.17) is 4.74 Å². The van der Waals surface area contributed by atoms with Crippen molar-refractivity contribution in [3.63, 3.8) is 0 Å². The van der Waals surface area contributed by atoms with Crippen LogP contribution in [0.3, 0.4) is 0 Å². The Labute approximate surface area is 111 Å². The van der Waals surface area contributed by atoms with E-state index in [1.807, 2.05) is 0 Å². The van der Waals surface area contributed by atoms with E-state index in [-0.39, 0.29) is 11.6 Å². The van der Waals surface area contributed by atoms with Gasteiger partial charge in [-0.05, 0) is 25.0 Å². The van der Waals surface area contributed by atoms with Crippen LogP contribution in [-0.4, -0.2) is 30.3 Å². The van der Waals surface area contributed by atoms with E-state index < -0.39 is 17.8 Å². The maximum Gasteiger partial charge on any atom is 0.254 e. The average molecular weight is 267 g/mol. The van der Waals surface area contributed by atoms with Gasteiger partial charge in [0.2, 0.25) is 0 Å². The van der Waals surface area contributed by atoms with Gasteiger partial charge in [-0.15, -0.1) is 0 Å². The molecule has 0 heterocycles. The van der Waals surface area contributed by atoms with Crippen molar-refractivity contribution in [2.45, 2.75) is 37.8 Å². The standard InChI is InChI=1S/C14H18FNO3/c1-19-9-6-7-10(11(15)8-9)14(18)16-12-4-2-3-5-13(12)17/h6-8,12-13,17H,2-5H2,1H3,(H,16,18)/t12-,13-/m0/s1. The molecule has 4 nitrogen and oxygen atoms in total. The summed E-state index contributed by atoms with van der Waals surface area (Å²) in [5.74, 6) is -0.750. The maximum atomic E-state index is 13.7. The predicted molar refractivity (Wildman–Crippen MR) is 68.7 cm³/mol. The Bertz CT molecular complexity index is 464. The summed E-state index contributed by atoms with van der Waals surface area (Å²) >= 11 is 0. The van der Waals surface area contributed by atoms with E-state index >= 15 is 0 Å². The highest BCUT2D eigenvalue weighted by Crippen LogP contribution is 2.20. The number of aliphatic hydroxyl groups excluding tert-OH is 1.